The van der Waals surface area contributed by atoms with Crippen molar-refractivity contribution in [1.29, 1.82) is 0 Å². The molecule has 1 fully saturated rings. The van der Waals surface area contributed by atoms with E-state index in [0.717, 1.165) is 32.4 Å². The topological polar surface area (TPSA) is 20.3 Å². The Bertz CT molecular complexity index is 385. The molecule has 1 unspecified atom stereocenters. The van der Waals surface area contributed by atoms with E-state index in [1.807, 2.05) is 0 Å². The number of rotatable bonds is 4. The van der Waals surface area contributed by atoms with E-state index in [9.17, 15) is 4.79 Å². The third kappa shape index (κ3) is 3.42. The van der Waals surface area contributed by atoms with Crippen LogP contribution in [0, 0.1) is 5.92 Å². The molecule has 0 saturated carbocycles. The van der Waals surface area contributed by atoms with Crippen molar-refractivity contribution in [1.82, 2.24) is 4.90 Å². The summed E-state index contributed by atoms with van der Waals surface area (Å²) in [5, 5.41) is 0. The van der Waals surface area contributed by atoms with E-state index in [4.69, 9.17) is 0 Å². The molecule has 98 valence electrons. The van der Waals surface area contributed by atoms with Gasteiger partial charge in [0.2, 0.25) is 0 Å². The molecule has 1 aromatic carbocycles. The van der Waals surface area contributed by atoms with Crippen LogP contribution in [0.3, 0.4) is 0 Å². The number of ketones is 1. The molecule has 1 aromatic rings. The maximum absolute atomic E-state index is 11.6. The van der Waals surface area contributed by atoms with Gasteiger partial charge in [0.05, 0.1) is 0 Å². The van der Waals surface area contributed by atoms with Crippen LogP contribution in [0.2, 0.25) is 0 Å². The minimum atomic E-state index is 0.435. The van der Waals surface area contributed by atoms with Gasteiger partial charge in [-0.05, 0) is 17.9 Å². The molecule has 1 atom stereocenters. The molecule has 2 heteroatoms. The molecule has 0 N–H and O–H groups in total. The van der Waals surface area contributed by atoms with Gasteiger partial charge in [-0.3, -0.25) is 9.69 Å². The molecule has 0 bridgehead atoms. The summed E-state index contributed by atoms with van der Waals surface area (Å²) in [6.45, 7) is 6.45. The fourth-order valence-corrected chi connectivity index (χ4v) is 2.75. The number of likely N-dealkylation sites (tertiary alicyclic amines) is 1. The Morgan fingerprint density at radius 1 is 1.28 bits per heavy atom. The summed E-state index contributed by atoms with van der Waals surface area (Å²) >= 11 is 0. The summed E-state index contributed by atoms with van der Waals surface area (Å²) in [5.41, 5.74) is 1.39. The molecule has 0 spiro atoms. The van der Waals surface area contributed by atoms with Crippen molar-refractivity contribution < 1.29 is 4.79 Å². The predicted octanol–water partition coefficient (Wildman–Crippen LogP) is 2.92. The number of carbonyl (C=O) groups excluding carboxylic acids is 1. The van der Waals surface area contributed by atoms with Gasteiger partial charge in [-0.1, -0.05) is 44.2 Å². The Balaban J connectivity index is 1.93. The highest BCUT2D eigenvalue weighted by Crippen LogP contribution is 2.21. The second-order valence-electron chi connectivity index (χ2n) is 5.58. The second-order valence-corrected chi connectivity index (χ2v) is 5.58. The van der Waals surface area contributed by atoms with Gasteiger partial charge in [-0.2, -0.15) is 0 Å². The molecule has 0 aromatic heterocycles. The zero-order chi connectivity index (χ0) is 13.0. The average Bonchev–Trinajstić information content (AvgIpc) is 2.38. The third-order valence-electron chi connectivity index (χ3n) is 3.88. The quantitative estimate of drug-likeness (QED) is 0.813. The summed E-state index contributed by atoms with van der Waals surface area (Å²) < 4.78 is 0. The standard InChI is InChI=1S/C16H23NO/c1-13(2)16-12-15(18)9-11-17(16)10-8-14-6-4-3-5-7-14/h3-7,13,16H,8-12H2,1-2H3. The van der Waals surface area contributed by atoms with Crippen molar-refractivity contribution in [2.24, 2.45) is 5.92 Å². The first-order valence-corrected chi connectivity index (χ1v) is 6.96. The van der Waals surface area contributed by atoms with Crippen molar-refractivity contribution in [2.75, 3.05) is 13.1 Å². The number of Topliss-reactive ketones (excluding diaryl/α,β-unsaturated/α-hetero) is 1. The highest BCUT2D eigenvalue weighted by Gasteiger charge is 2.28. The normalized spacial score (nSPS) is 21.5. The number of hydrogen-bond donors (Lipinski definition) is 0. The van der Waals surface area contributed by atoms with E-state index in [1.165, 1.54) is 5.56 Å². The van der Waals surface area contributed by atoms with Gasteiger partial charge < -0.3 is 0 Å². The van der Waals surface area contributed by atoms with E-state index in [1.54, 1.807) is 0 Å². The summed E-state index contributed by atoms with van der Waals surface area (Å²) in [4.78, 5) is 14.1. The molecular formula is C16H23NO. The molecular weight excluding hydrogens is 222 g/mol. The smallest absolute Gasteiger partial charge is 0.135 e. The Labute approximate surface area is 110 Å². The Hall–Kier alpha value is -1.15. The highest BCUT2D eigenvalue weighted by atomic mass is 16.1. The SMILES string of the molecule is CC(C)C1CC(=O)CCN1CCc1ccccc1. The summed E-state index contributed by atoms with van der Waals surface area (Å²) in [6.07, 6.45) is 2.56. The summed E-state index contributed by atoms with van der Waals surface area (Å²) in [7, 11) is 0. The van der Waals surface area contributed by atoms with Crippen molar-refractivity contribution >= 4 is 5.78 Å². The van der Waals surface area contributed by atoms with Gasteiger partial charge in [-0.15, -0.1) is 0 Å². The van der Waals surface area contributed by atoms with Crippen molar-refractivity contribution in [3.63, 3.8) is 0 Å². The third-order valence-corrected chi connectivity index (χ3v) is 3.88. The number of carbonyl (C=O) groups is 1. The van der Waals surface area contributed by atoms with Gasteiger partial charge in [0.25, 0.3) is 0 Å². The lowest BCUT2D eigenvalue weighted by Crippen LogP contribution is -2.46. The lowest BCUT2D eigenvalue weighted by atomic mass is 9.91. The van der Waals surface area contributed by atoms with E-state index < -0.39 is 0 Å². The number of piperidine rings is 1. The zero-order valence-electron chi connectivity index (χ0n) is 11.4. The van der Waals surface area contributed by atoms with Crippen molar-refractivity contribution in [2.45, 2.75) is 39.2 Å². The number of nitrogens with zero attached hydrogens (tertiary/aromatic N) is 1. The first-order chi connectivity index (χ1) is 8.66. The van der Waals surface area contributed by atoms with Crippen molar-refractivity contribution in [3.8, 4) is 0 Å². The van der Waals surface area contributed by atoms with Gasteiger partial charge in [0.1, 0.15) is 5.78 Å². The lowest BCUT2D eigenvalue weighted by Gasteiger charge is -2.37. The van der Waals surface area contributed by atoms with Crippen LogP contribution in [0.1, 0.15) is 32.3 Å². The second kappa shape index (κ2) is 6.14. The predicted molar refractivity (Wildman–Crippen MR) is 74.6 cm³/mol. The van der Waals surface area contributed by atoms with E-state index >= 15 is 0 Å². The molecule has 2 nitrogen and oxygen atoms in total. The number of benzene rings is 1. The van der Waals surface area contributed by atoms with E-state index in [2.05, 4.69) is 49.1 Å². The molecule has 2 rings (SSSR count). The Morgan fingerprint density at radius 2 is 2.00 bits per heavy atom. The molecule has 1 aliphatic heterocycles. The first-order valence-electron chi connectivity index (χ1n) is 6.96. The molecule has 0 amide bonds. The van der Waals surface area contributed by atoms with Crippen LogP contribution >= 0.6 is 0 Å². The van der Waals surface area contributed by atoms with Crippen LogP contribution in [0.5, 0.6) is 0 Å². The van der Waals surface area contributed by atoms with Gasteiger partial charge in [0, 0.05) is 32.0 Å². The van der Waals surface area contributed by atoms with Crippen LogP contribution in [0.25, 0.3) is 0 Å². The highest BCUT2D eigenvalue weighted by molar-refractivity contribution is 5.80. The van der Waals surface area contributed by atoms with Gasteiger partial charge in [-0.25, -0.2) is 0 Å². The monoisotopic (exact) mass is 245 g/mol. The zero-order valence-corrected chi connectivity index (χ0v) is 11.4. The van der Waals surface area contributed by atoms with Crippen LogP contribution in [0.4, 0.5) is 0 Å². The molecule has 0 aliphatic carbocycles. The van der Waals surface area contributed by atoms with Crippen molar-refractivity contribution in [3.05, 3.63) is 35.9 Å². The lowest BCUT2D eigenvalue weighted by molar-refractivity contribution is -0.123. The maximum Gasteiger partial charge on any atom is 0.135 e. The molecule has 1 heterocycles. The van der Waals surface area contributed by atoms with Crippen LogP contribution in [0.15, 0.2) is 30.3 Å². The fraction of sp³-hybridized carbons (Fsp3) is 0.562. The Kier molecular flexibility index (Phi) is 4.54. The van der Waals surface area contributed by atoms with Crippen LogP contribution < -0.4 is 0 Å². The molecule has 18 heavy (non-hydrogen) atoms. The molecule has 1 aliphatic rings. The van der Waals surface area contributed by atoms with Gasteiger partial charge in [0.15, 0.2) is 0 Å². The van der Waals surface area contributed by atoms with Crippen LogP contribution in [-0.2, 0) is 11.2 Å². The maximum atomic E-state index is 11.6. The van der Waals surface area contributed by atoms with Crippen LogP contribution in [-0.4, -0.2) is 29.8 Å². The van der Waals surface area contributed by atoms with E-state index in [0.29, 0.717) is 17.7 Å². The minimum absolute atomic E-state index is 0.435. The minimum Gasteiger partial charge on any atom is -0.300 e. The molecule has 0 radical (unpaired) electrons. The first kappa shape index (κ1) is 13.3. The summed E-state index contributed by atoms with van der Waals surface area (Å²) in [6, 6.07) is 11.0. The van der Waals surface area contributed by atoms with E-state index in [-0.39, 0.29) is 0 Å². The fourth-order valence-electron chi connectivity index (χ4n) is 2.75. The van der Waals surface area contributed by atoms with Gasteiger partial charge >= 0.3 is 0 Å². The molecule has 1 saturated heterocycles. The average molecular weight is 245 g/mol. The largest absolute Gasteiger partial charge is 0.300 e. The Morgan fingerprint density at radius 3 is 2.67 bits per heavy atom. The summed E-state index contributed by atoms with van der Waals surface area (Å²) in [5.74, 6) is 0.995. The number of hydrogen-bond acceptors (Lipinski definition) is 2.